The molecule has 0 amide bonds. The van der Waals surface area contributed by atoms with Crippen LogP contribution in [-0.2, 0) is 4.12 Å². The third-order valence-corrected chi connectivity index (χ3v) is 2.46. The molecule has 10 heteroatoms. The SMILES string of the molecule is O[Si](O)(O)O[Si](O)(O)O.[Eu]. The second-order valence-electron chi connectivity index (χ2n) is 1.25. The van der Waals surface area contributed by atoms with E-state index < -0.39 is 18.1 Å². The van der Waals surface area contributed by atoms with Crippen LogP contribution in [0.2, 0.25) is 0 Å². The largest absolute Gasteiger partial charge is 0.665 e. The van der Waals surface area contributed by atoms with Gasteiger partial charge in [-0.15, -0.1) is 0 Å². The van der Waals surface area contributed by atoms with Crippen molar-refractivity contribution in [3.05, 3.63) is 0 Å². The predicted molar refractivity (Wildman–Crippen MR) is 25.9 cm³/mol. The van der Waals surface area contributed by atoms with Gasteiger partial charge in [0.25, 0.3) is 0 Å². The number of rotatable bonds is 2. The van der Waals surface area contributed by atoms with Gasteiger partial charge in [-0.25, -0.2) is 0 Å². The number of hydrogen-bond donors (Lipinski definition) is 6. The van der Waals surface area contributed by atoms with Crippen LogP contribution in [-0.4, -0.2) is 46.9 Å². The molecule has 7 nitrogen and oxygen atoms in total. The van der Waals surface area contributed by atoms with Crippen molar-refractivity contribution >= 4 is 18.1 Å². The fourth-order valence-corrected chi connectivity index (χ4v) is 1.65. The molecule has 0 heterocycles. The van der Waals surface area contributed by atoms with Crippen LogP contribution in [0.25, 0.3) is 0 Å². The summed E-state index contributed by atoms with van der Waals surface area (Å²) in [6.45, 7) is 0. The molecule has 0 aliphatic carbocycles. The van der Waals surface area contributed by atoms with E-state index in [0.29, 0.717) is 0 Å². The van der Waals surface area contributed by atoms with Gasteiger partial charge in [-0.05, 0) is 0 Å². The Bertz CT molecular complexity index is 76.8. The Kier molecular flexibility index (Phi) is 6.69. The summed E-state index contributed by atoms with van der Waals surface area (Å²) in [4.78, 5) is 47.6. The molecular formula is H6EuO7Si2. The van der Waals surface area contributed by atoms with Gasteiger partial charge in [0.2, 0.25) is 0 Å². The van der Waals surface area contributed by atoms with Crippen molar-refractivity contribution in [2.75, 3.05) is 0 Å². The normalized spacial score (nSPS) is 12.6. The third-order valence-electron chi connectivity index (χ3n) is 0.274. The zero-order valence-corrected chi connectivity index (χ0v) is 8.89. The standard InChI is InChI=1S/Eu.H6O7Si2/c;1-8(2,3)7-9(4,5)6/h;1-6H. The zero-order chi connectivity index (χ0) is 7.71. The van der Waals surface area contributed by atoms with E-state index in [0.717, 1.165) is 0 Å². The minimum Gasteiger partial charge on any atom is -0.368 e. The summed E-state index contributed by atoms with van der Waals surface area (Å²) in [6, 6.07) is 0. The maximum atomic E-state index is 7.94. The Hall–Kier alpha value is 1.74. The van der Waals surface area contributed by atoms with Gasteiger partial charge >= 0.3 is 18.1 Å². The summed E-state index contributed by atoms with van der Waals surface area (Å²) in [5.74, 6) is 0. The van der Waals surface area contributed by atoms with E-state index in [2.05, 4.69) is 4.12 Å². The van der Waals surface area contributed by atoms with Crippen molar-refractivity contribution < 1.29 is 82.3 Å². The Morgan fingerprint density at radius 2 is 0.900 bits per heavy atom. The van der Waals surface area contributed by atoms with Gasteiger partial charge in [0.1, 0.15) is 0 Å². The van der Waals surface area contributed by atoms with Crippen LogP contribution in [0.15, 0.2) is 0 Å². The first-order valence-electron chi connectivity index (χ1n) is 1.75. The molecule has 0 bridgehead atoms. The van der Waals surface area contributed by atoms with Crippen LogP contribution in [0.1, 0.15) is 0 Å². The van der Waals surface area contributed by atoms with Crippen molar-refractivity contribution in [1.29, 1.82) is 0 Å². The minimum absolute atomic E-state index is 0. The predicted octanol–water partition coefficient (Wildman–Crippen LogP) is -4.17. The zero-order valence-electron chi connectivity index (χ0n) is 4.47. The average molecular weight is 326 g/mol. The maximum Gasteiger partial charge on any atom is 0.665 e. The molecular weight excluding hydrogens is 320 g/mol. The summed E-state index contributed by atoms with van der Waals surface area (Å²) < 4.78 is 3.24. The second kappa shape index (κ2) is 4.69. The molecule has 0 rings (SSSR count). The van der Waals surface area contributed by atoms with Gasteiger partial charge < -0.3 is 32.9 Å². The molecule has 0 aliphatic heterocycles. The monoisotopic (exact) mass is 327 g/mol. The molecule has 1 radical (unpaired) electrons. The van der Waals surface area contributed by atoms with E-state index >= 15 is 0 Å². The fourth-order valence-electron chi connectivity index (χ4n) is 0.184. The Morgan fingerprint density at radius 1 is 0.700 bits per heavy atom. The quantitative estimate of drug-likeness (QED) is 0.284. The fraction of sp³-hybridized carbons (Fsp3) is 0. The molecule has 0 unspecified atom stereocenters. The Balaban J connectivity index is 0. The molecule has 63 valence electrons. The first-order chi connectivity index (χ1) is 3.71. The molecule has 0 atom stereocenters. The number of hydrogen-bond acceptors (Lipinski definition) is 7. The van der Waals surface area contributed by atoms with Gasteiger partial charge in [0.05, 0.1) is 0 Å². The summed E-state index contributed by atoms with van der Waals surface area (Å²) >= 11 is 0. The van der Waals surface area contributed by atoms with Gasteiger partial charge in [0.15, 0.2) is 0 Å². The van der Waals surface area contributed by atoms with Crippen molar-refractivity contribution in [3.8, 4) is 0 Å². The molecule has 0 aliphatic rings. The summed E-state index contributed by atoms with van der Waals surface area (Å²) in [7, 11) is -9.96. The van der Waals surface area contributed by atoms with Crippen molar-refractivity contribution in [2.24, 2.45) is 0 Å². The van der Waals surface area contributed by atoms with Gasteiger partial charge in [-0.1, -0.05) is 0 Å². The van der Waals surface area contributed by atoms with E-state index in [-0.39, 0.29) is 49.4 Å². The maximum absolute atomic E-state index is 7.94. The summed E-state index contributed by atoms with van der Waals surface area (Å²) in [6.07, 6.45) is 0. The summed E-state index contributed by atoms with van der Waals surface area (Å²) in [5, 5.41) is 0. The first-order valence-corrected chi connectivity index (χ1v) is 5.25. The van der Waals surface area contributed by atoms with E-state index in [1.807, 2.05) is 0 Å². The molecule has 0 aromatic rings. The molecule has 0 saturated carbocycles. The topological polar surface area (TPSA) is 131 Å². The molecule has 0 spiro atoms. The van der Waals surface area contributed by atoms with Crippen LogP contribution in [0.4, 0.5) is 0 Å². The first kappa shape index (κ1) is 14.3. The smallest absolute Gasteiger partial charge is 0.368 e. The Labute approximate surface area is 99.0 Å². The molecule has 0 saturated heterocycles. The summed E-state index contributed by atoms with van der Waals surface area (Å²) in [5.41, 5.74) is 0. The Morgan fingerprint density at radius 3 is 0.900 bits per heavy atom. The van der Waals surface area contributed by atoms with Crippen LogP contribution >= 0.6 is 0 Å². The van der Waals surface area contributed by atoms with Crippen LogP contribution in [0.3, 0.4) is 0 Å². The van der Waals surface area contributed by atoms with E-state index in [1.54, 1.807) is 0 Å². The third kappa shape index (κ3) is 12.4. The van der Waals surface area contributed by atoms with E-state index in [9.17, 15) is 0 Å². The molecule has 0 aromatic carbocycles. The van der Waals surface area contributed by atoms with Crippen LogP contribution in [0, 0.1) is 49.4 Å². The van der Waals surface area contributed by atoms with Crippen molar-refractivity contribution in [1.82, 2.24) is 0 Å². The van der Waals surface area contributed by atoms with Crippen molar-refractivity contribution in [2.45, 2.75) is 0 Å². The minimum atomic E-state index is -4.98. The van der Waals surface area contributed by atoms with Gasteiger partial charge in [0, 0.05) is 49.4 Å². The van der Waals surface area contributed by atoms with Crippen LogP contribution < -0.4 is 0 Å². The average Bonchev–Trinajstić information content (AvgIpc) is 1.14. The van der Waals surface area contributed by atoms with E-state index in [4.69, 9.17) is 28.8 Å². The van der Waals surface area contributed by atoms with Gasteiger partial charge in [-0.3, -0.25) is 0 Å². The van der Waals surface area contributed by atoms with E-state index in [1.165, 1.54) is 0 Å². The second-order valence-corrected chi connectivity index (χ2v) is 4.36. The molecule has 0 aromatic heterocycles. The van der Waals surface area contributed by atoms with Crippen molar-refractivity contribution in [3.63, 3.8) is 0 Å². The molecule has 0 fully saturated rings. The van der Waals surface area contributed by atoms with Crippen LogP contribution in [0.5, 0.6) is 0 Å². The molecule has 6 N–H and O–H groups in total. The molecule has 10 heavy (non-hydrogen) atoms. The van der Waals surface area contributed by atoms with Gasteiger partial charge in [-0.2, -0.15) is 0 Å².